The molecule has 1 fully saturated rings. The maximum Gasteiger partial charge on any atom is 0.119 e. The number of terminal acetylenes is 1. The molecule has 0 amide bonds. The van der Waals surface area contributed by atoms with Gasteiger partial charge in [0.1, 0.15) is 31.2 Å². The molecule has 0 saturated carbocycles. The fourth-order valence-electron chi connectivity index (χ4n) is 2.03. The van der Waals surface area contributed by atoms with Crippen molar-refractivity contribution in [1.29, 1.82) is 0 Å². The van der Waals surface area contributed by atoms with Gasteiger partial charge < -0.3 is 18.9 Å². The van der Waals surface area contributed by atoms with Gasteiger partial charge in [-0.1, -0.05) is 31.4 Å². The smallest absolute Gasteiger partial charge is 0.119 e. The molecule has 2 rings (SSSR count). The van der Waals surface area contributed by atoms with Gasteiger partial charge in [0, 0.05) is 0 Å². The van der Waals surface area contributed by atoms with E-state index in [1.165, 1.54) is 5.56 Å². The van der Waals surface area contributed by atoms with Crippen LogP contribution in [0.1, 0.15) is 18.9 Å². The summed E-state index contributed by atoms with van der Waals surface area (Å²) in [4.78, 5) is 0. The Morgan fingerprint density at radius 1 is 1.32 bits per heavy atom. The number of benzene rings is 1. The Labute approximate surface area is 132 Å². The van der Waals surface area contributed by atoms with Gasteiger partial charge in [-0.05, 0) is 24.1 Å². The first-order valence-corrected chi connectivity index (χ1v) is 7.78. The van der Waals surface area contributed by atoms with Gasteiger partial charge in [-0.2, -0.15) is 0 Å². The van der Waals surface area contributed by atoms with E-state index in [4.69, 9.17) is 25.4 Å². The van der Waals surface area contributed by atoms with Crippen molar-refractivity contribution in [3.8, 4) is 18.1 Å². The number of ether oxygens (including phenoxy) is 4. The first-order chi connectivity index (χ1) is 10.8. The third-order valence-electron chi connectivity index (χ3n) is 3.31. The first-order valence-electron chi connectivity index (χ1n) is 7.78. The highest BCUT2D eigenvalue weighted by Crippen LogP contribution is 2.15. The van der Waals surface area contributed by atoms with Crippen LogP contribution in [0.3, 0.4) is 0 Å². The van der Waals surface area contributed by atoms with Crippen LogP contribution in [0, 0.1) is 12.3 Å². The van der Waals surface area contributed by atoms with E-state index in [2.05, 4.69) is 25.0 Å². The molecular formula is C18H24O4. The van der Waals surface area contributed by atoms with E-state index in [-0.39, 0.29) is 18.8 Å². The fraction of sp³-hybridized carbons (Fsp3) is 0.556. The van der Waals surface area contributed by atoms with Crippen LogP contribution in [0.5, 0.6) is 5.75 Å². The maximum atomic E-state index is 5.79. The molecule has 1 aliphatic heterocycles. The number of epoxide rings is 1. The van der Waals surface area contributed by atoms with Crippen LogP contribution in [0.2, 0.25) is 0 Å². The second-order valence-electron chi connectivity index (χ2n) is 5.33. The third-order valence-corrected chi connectivity index (χ3v) is 3.31. The highest BCUT2D eigenvalue weighted by molar-refractivity contribution is 5.27. The lowest BCUT2D eigenvalue weighted by Gasteiger charge is -2.18. The molecule has 0 N–H and O–H groups in total. The summed E-state index contributed by atoms with van der Waals surface area (Å²) in [7, 11) is 0. The number of hydrogen-bond acceptors (Lipinski definition) is 4. The van der Waals surface area contributed by atoms with Crippen molar-refractivity contribution in [2.75, 3.05) is 33.0 Å². The summed E-state index contributed by atoms with van der Waals surface area (Å²) in [5.74, 6) is 3.29. The molecule has 1 aromatic carbocycles. The molecule has 1 heterocycles. The lowest BCUT2D eigenvalue weighted by Crippen LogP contribution is -2.29. The Morgan fingerprint density at radius 2 is 2.09 bits per heavy atom. The molecule has 0 bridgehead atoms. The van der Waals surface area contributed by atoms with Crippen LogP contribution in [0.25, 0.3) is 0 Å². The van der Waals surface area contributed by atoms with Gasteiger partial charge in [-0.15, -0.1) is 6.42 Å². The first kappa shape index (κ1) is 16.8. The molecule has 120 valence electrons. The van der Waals surface area contributed by atoms with Gasteiger partial charge in [-0.3, -0.25) is 0 Å². The lowest BCUT2D eigenvalue weighted by molar-refractivity contribution is -0.0355. The summed E-state index contributed by atoms with van der Waals surface area (Å²) in [5.41, 5.74) is 1.32. The minimum atomic E-state index is -0.145. The molecule has 22 heavy (non-hydrogen) atoms. The minimum absolute atomic E-state index is 0.145. The molecule has 4 heteroatoms. The largest absolute Gasteiger partial charge is 0.491 e. The number of rotatable bonds is 11. The van der Waals surface area contributed by atoms with E-state index in [1.807, 2.05) is 12.1 Å². The van der Waals surface area contributed by atoms with E-state index in [0.717, 1.165) is 25.2 Å². The van der Waals surface area contributed by atoms with Crippen LogP contribution in [-0.4, -0.2) is 45.2 Å². The minimum Gasteiger partial charge on any atom is -0.491 e. The van der Waals surface area contributed by atoms with Crippen molar-refractivity contribution < 1.29 is 18.9 Å². The van der Waals surface area contributed by atoms with E-state index in [1.54, 1.807) is 0 Å². The highest BCUT2D eigenvalue weighted by atomic mass is 16.6. The zero-order chi connectivity index (χ0) is 15.6. The molecule has 4 nitrogen and oxygen atoms in total. The average Bonchev–Trinajstić information content (AvgIpc) is 3.35. The number of aryl methyl sites for hydroxylation is 1. The second kappa shape index (κ2) is 9.47. The zero-order valence-corrected chi connectivity index (χ0v) is 13.1. The Hall–Kier alpha value is -1.54. The topological polar surface area (TPSA) is 40.2 Å². The van der Waals surface area contributed by atoms with Gasteiger partial charge >= 0.3 is 0 Å². The normalized spacial score (nSPS) is 17.7. The van der Waals surface area contributed by atoms with Crippen molar-refractivity contribution >= 4 is 0 Å². The molecule has 1 saturated heterocycles. The summed E-state index contributed by atoms with van der Waals surface area (Å²) in [6.07, 6.45) is 7.50. The van der Waals surface area contributed by atoms with Crippen molar-refractivity contribution in [1.82, 2.24) is 0 Å². The van der Waals surface area contributed by atoms with E-state index in [0.29, 0.717) is 19.8 Å². The van der Waals surface area contributed by atoms with Crippen LogP contribution >= 0.6 is 0 Å². The fourth-order valence-corrected chi connectivity index (χ4v) is 2.03. The van der Waals surface area contributed by atoms with Crippen LogP contribution in [-0.2, 0) is 20.6 Å². The van der Waals surface area contributed by atoms with Crippen molar-refractivity contribution in [3.63, 3.8) is 0 Å². The highest BCUT2D eigenvalue weighted by Gasteiger charge is 2.24. The van der Waals surface area contributed by atoms with Gasteiger partial charge in [-0.25, -0.2) is 0 Å². The Bertz CT molecular complexity index is 459. The molecule has 1 aromatic rings. The predicted octanol–water partition coefficient (Wildman–Crippen LogP) is 2.45. The number of hydrogen-bond donors (Lipinski definition) is 0. The van der Waals surface area contributed by atoms with Crippen LogP contribution in [0.4, 0.5) is 0 Å². The second-order valence-corrected chi connectivity index (χ2v) is 5.33. The summed E-state index contributed by atoms with van der Waals surface area (Å²) >= 11 is 0. The summed E-state index contributed by atoms with van der Waals surface area (Å²) in [6.45, 7) is 4.66. The van der Waals surface area contributed by atoms with Crippen molar-refractivity contribution in [2.45, 2.75) is 32.0 Å². The maximum absolute atomic E-state index is 5.79. The zero-order valence-electron chi connectivity index (χ0n) is 13.1. The molecule has 1 aliphatic rings. The SMILES string of the molecule is C#CCOCC(COc1ccc(CCC)cc1)OCC1CO1. The predicted molar refractivity (Wildman–Crippen MR) is 85.1 cm³/mol. The van der Waals surface area contributed by atoms with Crippen molar-refractivity contribution in [2.24, 2.45) is 0 Å². The summed E-state index contributed by atoms with van der Waals surface area (Å²) < 4.78 is 22.0. The third kappa shape index (κ3) is 6.48. The van der Waals surface area contributed by atoms with Gasteiger partial charge in [0.15, 0.2) is 0 Å². The molecule has 0 radical (unpaired) electrons. The Kier molecular flexibility index (Phi) is 7.24. The van der Waals surface area contributed by atoms with Gasteiger partial charge in [0.05, 0.1) is 19.8 Å². The monoisotopic (exact) mass is 304 g/mol. The van der Waals surface area contributed by atoms with E-state index >= 15 is 0 Å². The molecule has 2 atom stereocenters. The van der Waals surface area contributed by atoms with Gasteiger partial charge in [0.25, 0.3) is 0 Å². The summed E-state index contributed by atoms with van der Waals surface area (Å²) in [5, 5.41) is 0. The van der Waals surface area contributed by atoms with E-state index in [9.17, 15) is 0 Å². The Balaban J connectivity index is 1.76. The van der Waals surface area contributed by atoms with Crippen LogP contribution < -0.4 is 4.74 Å². The van der Waals surface area contributed by atoms with Crippen molar-refractivity contribution in [3.05, 3.63) is 29.8 Å². The molecule has 2 unspecified atom stereocenters. The van der Waals surface area contributed by atoms with E-state index < -0.39 is 0 Å². The molecule has 0 spiro atoms. The van der Waals surface area contributed by atoms with Crippen LogP contribution in [0.15, 0.2) is 24.3 Å². The average molecular weight is 304 g/mol. The Morgan fingerprint density at radius 3 is 2.73 bits per heavy atom. The summed E-state index contributed by atoms with van der Waals surface area (Å²) in [6, 6.07) is 8.19. The molecule has 0 aliphatic carbocycles. The quantitative estimate of drug-likeness (QED) is 0.358. The molecule has 0 aromatic heterocycles. The standard InChI is InChI=1S/C18H24O4/c1-3-5-15-6-8-16(9-7-15)20-12-17(11-19-10-4-2)21-13-18-14-22-18/h2,6-9,17-18H,3,5,10-14H2,1H3. The lowest BCUT2D eigenvalue weighted by atomic mass is 10.1. The van der Waals surface area contributed by atoms with Gasteiger partial charge in [0.2, 0.25) is 0 Å². The molecular weight excluding hydrogens is 280 g/mol.